The highest BCUT2D eigenvalue weighted by Gasteiger charge is 2.33. The van der Waals surface area contributed by atoms with E-state index in [1.165, 1.54) is 5.56 Å². The van der Waals surface area contributed by atoms with Crippen LogP contribution in [0.15, 0.2) is 63.3 Å². The van der Waals surface area contributed by atoms with Gasteiger partial charge in [0.1, 0.15) is 0 Å². The number of nitrogens with zero attached hydrogens (tertiary/aromatic N) is 2. The van der Waals surface area contributed by atoms with Gasteiger partial charge in [-0.05, 0) is 53.4 Å². The number of thiazole rings is 1. The third-order valence-corrected chi connectivity index (χ3v) is 9.38. The second-order valence-corrected chi connectivity index (χ2v) is 10.9. The summed E-state index contributed by atoms with van der Waals surface area (Å²) in [6.45, 7) is 3.50. The van der Waals surface area contributed by atoms with E-state index in [4.69, 9.17) is 4.98 Å². The van der Waals surface area contributed by atoms with Crippen molar-refractivity contribution in [1.29, 1.82) is 0 Å². The van der Waals surface area contributed by atoms with Crippen LogP contribution in [0.1, 0.15) is 18.4 Å². The number of halogens is 1. The van der Waals surface area contributed by atoms with Gasteiger partial charge in [-0.1, -0.05) is 36.4 Å². The second-order valence-electron chi connectivity index (χ2n) is 6.99. The molecule has 4 nitrogen and oxygen atoms in total. The highest BCUT2D eigenvalue weighted by molar-refractivity contribution is 9.10. The van der Waals surface area contributed by atoms with Gasteiger partial charge in [0, 0.05) is 28.5 Å². The Bertz CT molecular complexity index is 1090. The Morgan fingerprint density at radius 2 is 1.75 bits per heavy atom. The van der Waals surface area contributed by atoms with Crippen LogP contribution in [0.5, 0.6) is 0 Å². The van der Waals surface area contributed by atoms with Crippen LogP contribution in [0, 0.1) is 6.92 Å². The highest BCUT2D eigenvalue weighted by atomic mass is 79.9. The first-order valence-corrected chi connectivity index (χ1v) is 12.4. The van der Waals surface area contributed by atoms with E-state index in [0.29, 0.717) is 35.3 Å². The second kappa shape index (κ2) is 7.97. The smallest absolute Gasteiger partial charge is 0.185 e. The maximum Gasteiger partial charge on any atom is 0.185 e. The summed E-state index contributed by atoms with van der Waals surface area (Å²) in [5.74, 6) is 0. The van der Waals surface area contributed by atoms with Crippen molar-refractivity contribution in [2.75, 3.05) is 18.0 Å². The number of aromatic nitrogens is 1. The van der Waals surface area contributed by atoms with Gasteiger partial charge < -0.3 is 4.90 Å². The van der Waals surface area contributed by atoms with Gasteiger partial charge in [0.05, 0.1) is 15.8 Å². The summed E-state index contributed by atoms with van der Waals surface area (Å²) in [6.07, 6.45) is 1.23. The molecule has 1 aromatic heterocycles. The van der Waals surface area contributed by atoms with Gasteiger partial charge in [-0.15, -0.1) is 11.3 Å². The lowest BCUT2D eigenvalue weighted by molar-refractivity contribution is 0.529. The summed E-state index contributed by atoms with van der Waals surface area (Å²) in [4.78, 5) is 7.41. The molecule has 146 valence electrons. The van der Waals surface area contributed by atoms with Crippen molar-refractivity contribution in [3.8, 4) is 11.3 Å². The van der Waals surface area contributed by atoms with Crippen LogP contribution >= 0.6 is 27.3 Å². The van der Waals surface area contributed by atoms with E-state index in [1.54, 1.807) is 29.5 Å². The molecule has 0 bridgehead atoms. The largest absolute Gasteiger partial charge is 0.348 e. The number of hydrogen-bond donors (Lipinski definition) is 0. The molecular weight excluding hydrogens is 456 g/mol. The Labute approximate surface area is 178 Å². The number of sulfone groups is 1. The third-order valence-electron chi connectivity index (χ3n) is 5.21. The third kappa shape index (κ3) is 3.75. The molecule has 2 aromatic carbocycles. The van der Waals surface area contributed by atoms with Gasteiger partial charge in [0.2, 0.25) is 0 Å². The van der Waals surface area contributed by atoms with Gasteiger partial charge >= 0.3 is 0 Å². The molecule has 0 atom stereocenters. The predicted octanol–water partition coefficient (Wildman–Crippen LogP) is 5.32. The van der Waals surface area contributed by atoms with Crippen molar-refractivity contribution >= 4 is 42.2 Å². The number of hydrogen-bond acceptors (Lipinski definition) is 5. The topological polar surface area (TPSA) is 50.3 Å². The maximum absolute atomic E-state index is 13.0. The van der Waals surface area contributed by atoms with Crippen LogP contribution < -0.4 is 4.90 Å². The molecule has 28 heavy (non-hydrogen) atoms. The molecule has 0 saturated carbocycles. The van der Waals surface area contributed by atoms with Crippen LogP contribution in [0.25, 0.3) is 11.3 Å². The van der Waals surface area contributed by atoms with Gasteiger partial charge in [0.15, 0.2) is 15.0 Å². The van der Waals surface area contributed by atoms with Crippen molar-refractivity contribution in [2.24, 2.45) is 0 Å². The zero-order chi connectivity index (χ0) is 19.7. The molecular formula is C21H21BrN2O2S2. The summed E-state index contributed by atoms with van der Waals surface area (Å²) in [5, 5.41) is 2.70. The van der Waals surface area contributed by atoms with Crippen LogP contribution in [0.2, 0.25) is 0 Å². The molecule has 0 spiro atoms. The van der Waals surface area contributed by atoms with Crippen molar-refractivity contribution in [2.45, 2.75) is 29.9 Å². The molecule has 0 N–H and O–H groups in total. The van der Waals surface area contributed by atoms with E-state index < -0.39 is 9.84 Å². The van der Waals surface area contributed by atoms with E-state index in [-0.39, 0.29) is 5.25 Å². The summed E-state index contributed by atoms with van der Waals surface area (Å²) in [6, 6.07) is 15.3. The molecule has 0 amide bonds. The maximum atomic E-state index is 13.0. The zero-order valence-corrected chi connectivity index (χ0v) is 18.7. The molecule has 3 aromatic rings. The average Bonchev–Trinajstić information content (AvgIpc) is 3.18. The molecule has 2 heterocycles. The van der Waals surface area contributed by atoms with Crippen LogP contribution in [-0.4, -0.2) is 31.7 Å². The van der Waals surface area contributed by atoms with E-state index in [2.05, 4.69) is 45.3 Å². The summed E-state index contributed by atoms with van der Waals surface area (Å²) >= 11 is 5.01. The lowest BCUT2D eigenvalue weighted by Crippen LogP contribution is -2.39. The minimum Gasteiger partial charge on any atom is -0.348 e. The highest BCUT2D eigenvalue weighted by Crippen LogP contribution is 2.33. The Hall–Kier alpha value is -1.70. The van der Waals surface area contributed by atoms with Crippen LogP contribution in [0.3, 0.4) is 0 Å². The summed E-state index contributed by atoms with van der Waals surface area (Å²) in [5.41, 5.74) is 3.34. The van der Waals surface area contributed by atoms with E-state index >= 15 is 0 Å². The normalized spacial score (nSPS) is 15.7. The molecule has 0 radical (unpaired) electrons. The van der Waals surface area contributed by atoms with Gasteiger partial charge in [-0.2, -0.15) is 0 Å². The Morgan fingerprint density at radius 3 is 2.46 bits per heavy atom. The van der Waals surface area contributed by atoms with E-state index in [0.717, 1.165) is 16.4 Å². The first-order valence-electron chi connectivity index (χ1n) is 9.22. The number of benzene rings is 2. The minimum atomic E-state index is -3.33. The van der Waals surface area contributed by atoms with Gasteiger partial charge in [0.25, 0.3) is 0 Å². The molecule has 7 heteroatoms. The first kappa shape index (κ1) is 19.6. The summed E-state index contributed by atoms with van der Waals surface area (Å²) < 4.78 is 26.7. The molecule has 0 unspecified atom stereocenters. The van der Waals surface area contributed by atoms with E-state index in [1.807, 2.05) is 18.2 Å². The predicted molar refractivity (Wildman–Crippen MR) is 119 cm³/mol. The monoisotopic (exact) mass is 476 g/mol. The fraction of sp³-hybridized carbons (Fsp3) is 0.286. The van der Waals surface area contributed by atoms with Gasteiger partial charge in [-0.25, -0.2) is 13.4 Å². The number of anilines is 1. The lowest BCUT2D eigenvalue weighted by Gasteiger charge is -2.31. The van der Waals surface area contributed by atoms with Crippen LogP contribution in [0.4, 0.5) is 5.13 Å². The quantitative estimate of drug-likeness (QED) is 0.510. The lowest BCUT2D eigenvalue weighted by atomic mass is 10.1. The number of piperidine rings is 1. The minimum absolute atomic E-state index is 0.349. The molecule has 1 aliphatic rings. The van der Waals surface area contributed by atoms with Crippen molar-refractivity contribution < 1.29 is 8.42 Å². The molecule has 1 aliphatic heterocycles. The van der Waals surface area contributed by atoms with Crippen molar-refractivity contribution in [3.05, 3.63) is 63.9 Å². The van der Waals surface area contributed by atoms with E-state index in [9.17, 15) is 8.42 Å². The van der Waals surface area contributed by atoms with Crippen molar-refractivity contribution in [3.63, 3.8) is 0 Å². The summed E-state index contributed by atoms with van der Waals surface area (Å²) in [7, 11) is -3.33. The van der Waals surface area contributed by atoms with Crippen molar-refractivity contribution in [1.82, 2.24) is 4.98 Å². The molecule has 1 fully saturated rings. The number of rotatable bonds is 4. The SMILES string of the molecule is Cc1ccccc1-c1csc(N2CCC(S(=O)(=O)c3ccccc3Br)CC2)n1. The molecule has 1 saturated heterocycles. The van der Waals surface area contributed by atoms with Gasteiger partial charge in [-0.3, -0.25) is 0 Å². The fourth-order valence-corrected chi connectivity index (χ4v) is 7.25. The zero-order valence-electron chi connectivity index (χ0n) is 15.5. The van der Waals surface area contributed by atoms with Crippen LogP contribution in [-0.2, 0) is 9.84 Å². The Morgan fingerprint density at radius 1 is 1.07 bits per heavy atom. The first-order chi connectivity index (χ1) is 13.5. The standard InChI is InChI=1S/C21H21BrN2O2S2/c1-15-6-2-3-7-17(15)19-14-27-21(23-19)24-12-10-16(11-13-24)28(25,26)20-9-5-4-8-18(20)22/h2-9,14,16H,10-13H2,1H3. The Balaban J connectivity index is 1.48. The molecule has 0 aliphatic carbocycles. The number of aryl methyl sites for hydroxylation is 1. The average molecular weight is 477 g/mol. The fourth-order valence-electron chi connectivity index (χ4n) is 3.61. The molecule has 4 rings (SSSR count). The Kier molecular flexibility index (Phi) is 5.58.